The molecule has 0 amide bonds. The van der Waals surface area contributed by atoms with E-state index in [4.69, 9.17) is 0 Å². The minimum absolute atomic E-state index is 0.161. The Morgan fingerprint density at radius 1 is 1.58 bits per heavy atom. The third-order valence-corrected chi connectivity index (χ3v) is 2.94. The van der Waals surface area contributed by atoms with Gasteiger partial charge >= 0.3 is 0 Å². The van der Waals surface area contributed by atoms with Crippen molar-refractivity contribution in [3.8, 4) is 0 Å². The van der Waals surface area contributed by atoms with Gasteiger partial charge in [-0.3, -0.25) is 0 Å². The number of halogens is 1. The van der Waals surface area contributed by atoms with Crippen LogP contribution in [0.2, 0.25) is 0 Å². The van der Waals surface area contributed by atoms with E-state index < -0.39 is 16.0 Å². The smallest absolute Gasteiger partial charge is 0.241 e. The van der Waals surface area contributed by atoms with Crippen molar-refractivity contribution in [3.05, 3.63) is 0 Å². The number of hydrogen-bond acceptors (Lipinski definition) is 3. The van der Waals surface area contributed by atoms with Gasteiger partial charge in [0.25, 0.3) is 0 Å². The van der Waals surface area contributed by atoms with Crippen LogP contribution >= 0.6 is 0 Å². The molecule has 2 unspecified atom stereocenters. The second kappa shape index (κ2) is 3.68. The van der Waals surface area contributed by atoms with Crippen molar-refractivity contribution >= 4 is 10.0 Å². The number of nitrogens with one attached hydrogen (secondary N) is 2. The van der Waals surface area contributed by atoms with E-state index in [-0.39, 0.29) is 12.0 Å². The van der Waals surface area contributed by atoms with E-state index in [0.717, 1.165) is 6.54 Å². The summed E-state index contributed by atoms with van der Waals surface area (Å²) < 4.78 is 35.7. The van der Waals surface area contributed by atoms with Crippen LogP contribution in [0.1, 0.15) is 6.92 Å². The molecule has 0 radical (unpaired) electrons. The highest BCUT2D eigenvalue weighted by Gasteiger charge is 2.26. The Morgan fingerprint density at radius 3 is 2.67 bits per heavy atom. The summed E-state index contributed by atoms with van der Waals surface area (Å²) in [5, 5.41) is 3.02. The fraction of sp³-hybridized carbons (Fsp3) is 1.00. The fourth-order valence-corrected chi connectivity index (χ4v) is 2.07. The van der Waals surface area contributed by atoms with Crippen molar-refractivity contribution in [3.63, 3.8) is 0 Å². The summed E-state index contributed by atoms with van der Waals surface area (Å²) in [6.07, 6.45) is 0. The predicted octanol–water partition coefficient (Wildman–Crippen LogP) is -0.559. The molecule has 1 fully saturated rings. The first-order chi connectivity index (χ1) is 5.55. The van der Waals surface area contributed by atoms with E-state index in [1.54, 1.807) is 0 Å². The van der Waals surface area contributed by atoms with Crippen LogP contribution in [-0.4, -0.2) is 33.6 Å². The molecule has 2 atom stereocenters. The Bertz CT molecular complexity index is 242. The summed E-state index contributed by atoms with van der Waals surface area (Å²) in [5.74, 6) is 0.228. The lowest BCUT2D eigenvalue weighted by molar-refractivity contribution is 0.481. The van der Waals surface area contributed by atoms with E-state index in [2.05, 4.69) is 10.0 Å². The topological polar surface area (TPSA) is 58.2 Å². The molecule has 1 saturated heterocycles. The van der Waals surface area contributed by atoms with Crippen LogP contribution in [0.25, 0.3) is 0 Å². The van der Waals surface area contributed by atoms with Gasteiger partial charge in [-0.2, -0.15) is 0 Å². The molecular weight excluding hydrogens is 183 g/mol. The quantitative estimate of drug-likeness (QED) is 0.636. The minimum Gasteiger partial charge on any atom is -0.315 e. The van der Waals surface area contributed by atoms with Crippen LogP contribution in [0.4, 0.5) is 4.39 Å². The molecule has 0 aromatic carbocycles. The molecule has 0 aromatic rings. The van der Waals surface area contributed by atoms with Gasteiger partial charge in [0.1, 0.15) is 0 Å². The zero-order valence-electron chi connectivity index (χ0n) is 6.88. The average Bonchev–Trinajstić information content (AvgIpc) is 2.36. The molecule has 0 bridgehead atoms. The lowest BCUT2D eigenvalue weighted by Crippen LogP contribution is -2.40. The van der Waals surface area contributed by atoms with Crippen molar-refractivity contribution in [2.24, 2.45) is 5.92 Å². The highest BCUT2D eigenvalue weighted by atomic mass is 32.2. The molecule has 72 valence electrons. The van der Waals surface area contributed by atoms with E-state index >= 15 is 0 Å². The Balaban J connectivity index is 2.51. The number of alkyl halides is 1. The Kier molecular flexibility index (Phi) is 3.03. The average molecular weight is 196 g/mol. The molecule has 1 aliphatic rings. The van der Waals surface area contributed by atoms with Gasteiger partial charge in [0, 0.05) is 12.6 Å². The fourth-order valence-electron chi connectivity index (χ4n) is 1.23. The molecule has 12 heavy (non-hydrogen) atoms. The highest BCUT2D eigenvalue weighted by Crippen LogP contribution is 2.08. The van der Waals surface area contributed by atoms with Crippen molar-refractivity contribution in [1.82, 2.24) is 10.0 Å². The van der Waals surface area contributed by atoms with E-state index in [1.807, 2.05) is 6.92 Å². The van der Waals surface area contributed by atoms with Crippen molar-refractivity contribution < 1.29 is 12.8 Å². The summed E-state index contributed by atoms with van der Waals surface area (Å²) >= 11 is 0. The van der Waals surface area contributed by atoms with Crippen LogP contribution in [0.15, 0.2) is 0 Å². The van der Waals surface area contributed by atoms with Crippen LogP contribution in [0.3, 0.4) is 0 Å². The summed E-state index contributed by atoms with van der Waals surface area (Å²) in [6.45, 7) is 3.28. The maximum Gasteiger partial charge on any atom is 0.241 e. The number of hydrogen-bond donors (Lipinski definition) is 2. The van der Waals surface area contributed by atoms with Gasteiger partial charge < -0.3 is 5.32 Å². The van der Waals surface area contributed by atoms with Gasteiger partial charge in [0.05, 0.1) is 0 Å². The van der Waals surface area contributed by atoms with Crippen molar-refractivity contribution in [2.75, 3.05) is 19.1 Å². The Morgan fingerprint density at radius 2 is 2.25 bits per heavy atom. The molecule has 0 saturated carbocycles. The lowest BCUT2D eigenvalue weighted by Gasteiger charge is -2.14. The molecule has 2 N–H and O–H groups in total. The van der Waals surface area contributed by atoms with Gasteiger partial charge in [0.2, 0.25) is 16.0 Å². The van der Waals surface area contributed by atoms with E-state index in [9.17, 15) is 12.8 Å². The van der Waals surface area contributed by atoms with Crippen LogP contribution in [0, 0.1) is 5.92 Å². The highest BCUT2D eigenvalue weighted by molar-refractivity contribution is 7.89. The van der Waals surface area contributed by atoms with E-state index in [1.165, 1.54) is 0 Å². The molecule has 0 aromatic heterocycles. The molecular formula is C6H13FN2O2S. The zero-order valence-corrected chi connectivity index (χ0v) is 7.70. The maximum atomic E-state index is 11.9. The number of rotatable bonds is 3. The maximum absolute atomic E-state index is 11.9. The van der Waals surface area contributed by atoms with Gasteiger partial charge in [-0.1, -0.05) is 6.92 Å². The molecule has 1 rings (SSSR count). The predicted molar refractivity (Wildman–Crippen MR) is 43.9 cm³/mol. The first-order valence-corrected chi connectivity index (χ1v) is 5.47. The monoisotopic (exact) mass is 196 g/mol. The summed E-state index contributed by atoms with van der Waals surface area (Å²) in [6, 6.07) is -1.50. The minimum atomic E-state index is -3.69. The number of sulfonamides is 1. The SMILES string of the molecule is CC1CNCC1NS(=O)(=O)CF. The van der Waals surface area contributed by atoms with Crippen LogP contribution < -0.4 is 10.0 Å². The molecule has 1 heterocycles. The third-order valence-electron chi connectivity index (χ3n) is 1.99. The third kappa shape index (κ3) is 2.40. The normalized spacial score (nSPS) is 30.8. The lowest BCUT2D eigenvalue weighted by atomic mass is 10.1. The first-order valence-electron chi connectivity index (χ1n) is 3.82. The van der Waals surface area contributed by atoms with Gasteiger partial charge in [-0.15, -0.1) is 0 Å². The van der Waals surface area contributed by atoms with Gasteiger partial charge in [-0.25, -0.2) is 17.5 Å². The molecule has 6 heteroatoms. The zero-order chi connectivity index (χ0) is 9.19. The summed E-state index contributed by atoms with van der Waals surface area (Å²) in [5.41, 5.74) is 0. The Labute approximate surface area is 71.6 Å². The molecule has 4 nitrogen and oxygen atoms in total. The second-order valence-corrected chi connectivity index (χ2v) is 4.77. The summed E-state index contributed by atoms with van der Waals surface area (Å²) in [4.78, 5) is 0. The Hall–Kier alpha value is -0.200. The standard InChI is InChI=1S/C6H13FN2O2S/c1-5-2-8-3-6(5)9-12(10,11)4-7/h5-6,8-9H,2-4H2,1H3. The largest absolute Gasteiger partial charge is 0.315 e. The van der Waals surface area contributed by atoms with Crippen LogP contribution in [0.5, 0.6) is 0 Å². The molecule has 0 aliphatic carbocycles. The van der Waals surface area contributed by atoms with E-state index in [0.29, 0.717) is 6.54 Å². The second-order valence-electron chi connectivity index (χ2n) is 3.08. The van der Waals surface area contributed by atoms with Gasteiger partial charge in [0.15, 0.2) is 0 Å². The van der Waals surface area contributed by atoms with Crippen molar-refractivity contribution in [2.45, 2.75) is 13.0 Å². The molecule has 0 spiro atoms. The summed E-state index contributed by atoms with van der Waals surface area (Å²) in [7, 11) is -3.69. The molecule has 1 aliphatic heterocycles. The first kappa shape index (κ1) is 9.88. The van der Waals surface area contributed by atoms with Crippen molar-refractivity contribution in [1.29, 1.82) is 0 Å². The van der Waals surface area contributed by atoms with Crippen LogP contribution in [-0.2, 0) is 10.0 Å². The van der Waals surface area contributed by atoms with Gasteiger partial charge in [-0.05, 0) is 12.5 Å².